The molecule has 2 aliphatic heterocycles. The molecule has 3 aromatic rings. The highest BCUT2D eigenvalue weighted by Gasteiger charge is 2.46. The molecular weight excluding hydrogens is 405 g/mol. The number of amides is 1. The fourth-order valence-electron chi connectivity index (χ4n) is 5.00. The minimum atomic E-state index is -0.528. The predicted octanol–water partition coefficient (Wildman–Crippen LogP) is 4.35. The largest absolute Gasteiger partial charge is 0.394 e. The zero-order chi connectivity index (χ0) is 22.2. The van der Waals surface area contributed by atoms with Crippen LogP contribution in [0.4, 0.5) is 10.1 Å². The fourth-order valence-corrected chi connectivity index (χ4v) is 5.00. The number of rotatable bonds is 3. The number of nitriles is 1. The number of carbonyl (C=O) groups is 1. The molecule has 2 heterocycles. The summed E-state index contributed by atoms with van der Waals surface area (Å²) in [5, 5.41) is 22.5. The molecule has 0 radical (unpaired) electrons. The molecule has 0 spiro atoms. The predicted molar refractivity (Wildman–Crippen MR) is 119 cm³/mol. The number of fused-ring (bicyclic) bond motifs is 3. The minimum Gasteiger partial charge on any atom is -0.394 e. The van der Waals surface area contributed by atoms with E-state index in [1.54, 1.807) is 29.2 Å². The van der Waals surface area contributed by atoms with E-state index in [9.17, 15) is 14.3 Å². The van der Waals surface area contributed by atoms with Crippen molar-refractivity contribution in [2.24, 2.45) is 5.92 Å². The maximum atomic E-state index is 14.4. The number of benzene rings is 3. The number of nitrogens with zero attached hydrogens (tertiary/aromatic N) is 2. The van der Waals surface area contributed by atoms with Crippen LogP contribution in [-0.4, -0.2) is 35.1 Å². The van der Waals surface area contributed by atoms with E-state index in [0.717, 1.165) is 28.8 Å². The van der Waals surface area contributed by atoms with Crippen LogP contribution >= 0.6 is 0 Å². The van der Waals surface area contributed by atoms with Gasteiger partial charge in [0.2, 0.25) is 0 Å². The topological polar surface area (TPSA) is 76.4 Å². The number of hydrogen-bond donors (Lipinski definition) is 2. The number of aliphatic hydroxyl groups excluding tert-OH is 1. The third-order valence-corrected chi connectivity index (χ3v) is 6.58. The first-order valence-electron chi connectivity index (χ1n) is 10.7. The van der Waals surface area contributed by atoms with Crippen LogP contribution in [0.15, 0.2) is 66.7 Å². The minimum absolute atomic E-state index is 0.0273. The van der Waals surface area contributed by atoms with Gasteiger partial charge < -0.3 is 15.3 Å². The Bertz CT molecular complexity index is 1220. The third-order valence-electron chi connectivity index (χ3n) is 6.58. The van der Waals surface area contributed by atoms with E-state index in [4.69, 9.17) is 5.26 Å². The van der Waals surface area contributed by atoms with E-state index >= 15 is 0 Å². The van der Waals surface area contributed by atoms with Crippen molar-refractivity contribution in [3.8, 4) is 17.2 Å². The van der Waals surface area contributed by atoms with E-state index in [1.165, 1.54) is 12.1 Å². The number of likely N-dealkylation sites (tertiary alicyclic amines) is 1. The van der Waals surface area contributed by atoms with Crippen LogP contribution in [0.1, 0.15) is 33.9 Å². The van der Waals surface area contributed by atoms with E-state index in [1.807, 2.05) is 24.3 Å². The average molecular weight is 427 g/mol. The first-order chi connectivity index (χ1) is 15.6. The molecule has 0 aliphatic carbocycles. The van der Waals surface area contributed by atoms with Crippen LogP contribution in [-0.2, 0) is 0 Å². The molecule has 2 N–H and O–H groups in total. The molecule has 2 aliphatic rings. The maximum Gasteiger partial charge on any atom is 0.257 e. The quantitative estimate of drug-likeness (QED) is 0.651. The number of aliphatic hydroxyl groups is 1. The molecule has 1 fully saturated rings. The van der Waals surface area contributed by atoms with Crippen molar-refractivity contribution in [2.75, 3.05) is 18.5 Å². The van der Waals surface area contributed by atoms with Crippen LogP contribution in [0.3, 0.4) is 0 Å². The van der Waals surface area contributed by atoms with E-state index < -0.39 is 5.82 Å². The number of halogens is 1. The molecule has 0 bridgehead atoms. The van der Waals surface area contributed by atoms with Crippen molar-refractivity contribution >= 4 is 11.6 Å². The highest BCUT2D eigenvalue weighted by atomic mass is 19.1. The van der Waals surface area contributed by atoms with Gasteiger partial charge in [-0.1, -0.05) is 30.3 Å². The molecule has 3 atom stereocenters. The van der Waals surface area contributed by atoms with E-state index in [-0.39, 0.29) is 36.1 Å². The first-order valence-corrected chi connectivity index (χ1v) is 10.7. The second kappa shape index (κ2) is 8.10. The van der Waals surface area contributed by atoms with Crippen molar-refractivity contribution < 1.29 is 14.3 Å². The highest BCUT2D eigenvalue weighted by molar-refractivity contribution is 5.95. The van der Waals surface area contributed by atoms with Crippen molar-refractivity contribution in [3.05, 3.63) is 89.2 Å². The van der Waals surface area contributed by atoms with Crippen LogP contribution < -0.4 is 5.32 Å². The molecule has 5 nitrogen and oxygen atoms in total. The molecular formula is C26H22FN3O2. The van der Waals surface area contributed by atoms with Gasteiger partial charge >= 0.3 is 0 Å². The summed E-state index contributed by atoms with van der Waals surface area (Å²) in [6, 6.07) is 21.1. The molecule has 32 heavy (non-hydrogen) atoms. The summed E-state index contributed by atoms with van der Waals surface area (Å²) in [6.07, 6.45) is 0.726. The fraction of sp³-hybridized carbons (Fsp3) is 0.231. The standard InChI is InChI=1S/C26H22FN3O2/c27-22-4-2-1-3-19(22)26(32)30-12-11-20-24(15-31)29-23-10-9-18(13-21(23)25(20)30)17-7-5-16(14-28)6-8-17/h1-10,13,20,24-25,29,31H,11-12,15H2/t20-,24-,25-/m0/s1. The van der Waals surface area contributed by atoms with Crippen LogP contribution in [0, 0.1) is 23.1 Å². The van der Waals surface area contributed by atoms with Crippen LogP contribution in [0.25, 0.3) is 11.1 Å². The number of anilines is 1. The van der Waals surface area contributed by atoms with Gasteiger partial charge in [0.25, 0.3) is 5.91 Å². The molecule has 0 aromatic heterocycles. The van der Waals surface area contributed by atoms with Crippen molar-refractivity contribution in [3.63, 3.8) is 0 Å². The monoisotopic (exact) mass is 427 g/mol. The van der Waals surface area contributed by atoms with Gasteiger partial charge in [0.15, 0.2) is 0 Å². The first kappa shape index (κ1) is 20.2. The molecule has 6 heteroatoms. The highest BCUT2D eigenvalue weighted by Crippen LogP contribution is 2.47. The lowest BCUT2D eigenvalue weighted by Gasteiger charge is -2.39. The second-order valence-electron chi connectivity index (χ2n) is 8.30. The Morgan fingerprint density at radius 1 is 1.12 bits per heavy atom. The van der Waals surface area contributed by atoms with E-state index in [0.29, 0.717) is 12.1 Å². The Morgan fingerprint density at radius 3 is 2.59 bits per heavy atom. The zero-order valence-corrected chi connectivity index (χ0v) is 17.3. The molecule has 160 valence electrons. The normalized spacial score (nSPS) is 21.3. The molecule has 5 rings (SSSR count). The SMILES string of the molecule is N#Cc1ccc(-c2ccc3c(c2)[C@@H]2[C@@H](CCN2C(=O)c2ccccc2F)[C@H](CO)N3)cc1. The summed E-state index contributed by atoms with van der Waals surface area (Å²) in [7, 11) is 0. The number of carbonyl (C=O) groups excluding carboxylic acids is 1. The maximum absolute atomic E-state index is 14.4. The van der Waals surface area contributed by atoms with Gasteiger partial charge in [-0.2, -0.15) is 5.26 Å². The summed E-state index contributed by atoms with van der Waals surface area (Å²) in [6.45, 7) is 0.459. The lowest BCUT2D eigenvalue weighted by Crippen LogP contribution is -2.43. The Hall–Kier alpha value is -3.69. The van der Waals surface area contributed by atoms with Crippen molar-refractivity contribution in [1.29, 1.82) is 5.26 Å². The van der Waals surface area contributed by atoms with Gasteiger partial charge in [0.1, 0.15) is 5.82 Å². The summed E-state index contributed by atoms with van der Waals surface area (Å²) in [4.78, 5) is 15.1. The van der Waals surface area contributed by atoms with E-state index in [2.05, 4.69) is 17.5 Å². The number of nitrogens with one attached hydrogen (secondary N) is 1. The van der Waals surface area contributed by atoms with Gasteiger partial charge in [-0.25, -0.2) is 4.39 Å². The summed E-state index contributed by atoms with van der Waals surface area (Å²) >= 11 is 0. The van der Waals surface area contributed by atoms with Crippen molar-refractivity contribution in [2.45, 2.75) is 18.5 Å². The summed E-state index contributed by atoms with van der Waals surface area (Å²) < 4.78 is 14.4. The molecule has 0 unspecified atom stereocenters. The number of hydrogen-bond acceptors (Lipinski definition) is 4. The molecule has 0 saturated carbocycles. The van der Waals surface area contributed by atoms with Crippen molar-refractivity contribution in [1.82, 2.24) is 4.90 Å². The molecule has 1 saturated heterocycles. The van der Waals surface area contributed by atoms with Gasteiger partial charge in [0, 0.05) is 18.2 Å². The molecule has 1 amide bonds. The molecule has 3 aromatic carbocycles. The Morgan fingerprint density at radius 2 is 1.88 bits per heavy atom. The Kier molecular flexibility index (Phi) is 5.12. The Labute approximate surface area is 185 Å². The lowest BCUT2D eigenvalue weighted by molar-refractivity contribution is 0.0696. The lowest BCUT2D eigenvalue weighted by atomic mass is 9.82. The summed E-state index contributed by atoms with van der Waals surface area (Å²) in [5.74, 6) is -0.830. The van der Waals surface area contributed by atoms with Gasteiger partial charge in [-0.05, 0) is 59.5 Å². The van der Waals surface area contributed by atoms with Gasteiger partial charge in [0.05, 0.1) is 35.9 Å². The third kappa shape index (κ3) is 3.31. The zero-order valence-electron chi connectivity index (χ0n) is 17.3. The van der Waals surface area contributed by atoms with Crippen LogP contribution in [0.5, 0.6) is 0 Å². The second-order valence-corrected chi connectivity index (χ2v) is 8.30. The Balaban J connectivity index is 1.57. The smallest absolute Gasteiger partial charge is 0.257 e. The van der Waals surface area contributed by atoms with Gasteiger partial charge in [-0.15, -0.1) is 0 Å². The van der Waals surface area contributed by atoms with Gasteiger partial charge in [-0.3, -0.25) is 4.79 Å². The van der Waals surface area contributed by atoms with Crippen LogP contribution in [0.2, 0.25) is 0 Å². The summed E-state index contributed by atoms with van der Waals surface area (Å²) in [5.41, 5.74) is 4.44. The average Bonchev–Trinajstić information content (AvgIpc) is 3.29.